The highest BCUT2D eigenvalue weighted by Gasteiger charge is 2.36. The van der Waals surface area contributed by atoms with Crippen LogP contribution in [0.2, 0.25) is 0 Å². The van der Waals surface area contributed by atoms with E-state index in [1.165, 1.54) is 32.1 Å². The van der Waals surface area contributed by atoms with Gasteiger partial charge in [-0.2, -0.15) is 0 Å². The van der Waals surface area contributed by atoms with Crippen LogP contribution < -0.4 is 14.8 Å². The molecule has 3 aromatic rings. The molecule has 2 unspecified atom stereocenters. The maximum Gasteiger partial charge on any atom is 0.254 e. The molecule has 1 saturated heterocycles. The van der Waals surface area contributed by atoms with Crippen molar-refractivity contribution in [3.63, 3.8) is 0 Å². The van der Waals surface area contributed by atoms with Crippen molar-refractivity contribution < 1.29 is 18.7 Å². The minimum absolute atomic E-state index is 0.00548. The van der Waals surface area contributed by atoms with Crippen molar-refractivity contribution in [2.75, 3.05) is 20.8 Å². The summed E-state index contributed by atoms with van der Waals surface area (Å²) in [5, 5.41) is 4.78. The molecule has 6 heteroatoms. The summed E-state index contributed by atoms with van der Waals surface area (Å²) in [7, 11) is 3.21. The van der Waals surface area contributed by atoms with Gasteiger partial charge in [0.05, 0.1) is 20.8 Å². The molecule has 1 aromatic heterocycles. The van der Waals surface area contributed by atoms with E-state index in [1.807, 2.05) is 30.3 Å². The second-order valence-electron chi connectivity index (χ2n) is 10.3. The molecule has 1 amide bonds. The van der Waals surface area contributed by atoms with E-state index in [4.69, 9.17) is 13.9 Å². The van der Waals surface area contributed by atoms with Crippen molar-refractivity contribution in [2.24, 2.45) is 5.92 Å². The molecule has 1 aliphatic heterocycles. The first-order chi connectivity index (χ1) is 17.7. The van der Waals surface area contributed by atoms with Gasteiger partial charge in [-0.3, -0.25) is 4.79 Å². The van der Waals surface area contributed by atoms with Crippen LogP contribution in [0, 0.1) is 5.92 Å². The molecular formula is C30H38N2O4. The van der Waals surface area contributed by atoms with E-state index in [0.717, 1.165) is 42.5 Å². The Morgan fingerprint density at radius 1 is 1.00 bits per heavy atom. The van der Waals surface area contributed by atoms with Gasteiger partial charge >= 0.3 is 0 Å². The first kappa shape index (κ1) is 24.7. The molecule has 2 aliphatic rings. The molecule has 2 heterocycles. The molecule has 2 fully saturated rings. The van der Waals surface area contributed by atoms with Crippen LogP contribution in [0.5, 0.6) is 11.5 Å². The summed E-state index contributed by atoms with van der Waals surface area (Å²) in [6.07, 6.45) is 9.69. The number of hydrogen-bond acceptors (Lipinski definition) is 5. The fraction of sp³-hybridized carbons (Fsp3) is 0.500. The summed E-state index contributed by atoms with van der Waals surface area (Å²) in [5.74, 6) is 2.66. The number of benzene rings is 2. The highest BCUT2D eigenvalue weighted by Crippen LogP contribution is 2.34. The van der Waals surface area contributed by atoms with Gasteiger partial charge < -0.3 is 24.1 Å². The highest BCUT2D eigenvalue weighted by atomic mass is 16.5. The molecule has 36 heavy (non-hydrogen) atoms. The number of hydrogen-bond donors (Lipinski definition) is 1. The first-order valence-corrected chi connectivity index (χ1v) is 13.4. The monoisotopic (exact) mass is 490 g/mol. The van der Waals surface area contributed by atoms with Crippen LogP contribution in [-0.4, -0.2) is 43.7 Å². The molecule has 1 N–H and O–H groups in total. The fourth-order valence-electron chi connectivity index (χ4n) is 6.07. The average molecular weight is 491 g/mol. The quantitative estimate of drug-likeness (QED) is 0.388. The minimum atomic E-state index is 0.00548. The Hall–Kier alpha value is -2.99. The van der Waals surface area contributed by atoms with Crippen LogP contribution in [0.1, 0.15) is 67.5 Å². The summed E-state index contributed by atoms with van der Waals surface area (Å²) < 4.78 is 17.1. The molecule has 192 valence electrons. The van der Waals surface area contributed by atoms with Gasteiger partial charge in [0, 0.05) is 23.0 Å². The Morgan fingerprint density at radius 2 is 1.81 bits per heavy atom. The van der Waals surface area contributed by atoms with Crippen molar-refractivity contribution in [2.45, 2.75) is 70.0 Å². The van der Waals surface area contributed by atoms with E-state index < -0.39 is 0 Å². The molecule has 0 radical (unpaired) electrons. The van der Waals surface area contributed by atoms with Gasteiger partial charge in [-0.25, -0.2) is 0 Å². The van der Waals surface area contributed by atoms with Gasteiger partial charge in [0.2, 0.25) is 0 Å². The van der Waals surface area contributed by atoms with Crippen LogP contribution in [0.15, 0.2) is 52.9 Å². The Bertz CT molecular complexity index is 1130. The summed E-state index contributed by atoms with van der Waals surface area (Å²) in [6, 6.07) is 16.0. The average Bonchev–Trinajstić information content (AvgIpc) is 3.60. The third-order valence-electron chi connectivity index (χ3n) is 7.96. The van der Waals surface area contributed by atoms with E-state index in [2.05, 4.69) is 22.3 Å². The Morgan fingerprint density at radius 3 is 2.53 bits per heavy atom. The number of carbonyl (C=O) groups excluding carboxylic acids is 1. The Kier molecular flexibility index (Phi) is 7.81. The standard InChI is InChI=1S/C30H38N2O4/c1-34-28-15-14-23(19-29(28)35-2)30(33)32(20-24-18-22-11-6-7-13-27(22)36-24)26(25-12-8-16-31-25)17-21-9-4-3-5-10-21/h6-7,11,13-15,18-19,21,25-26,31H,3-5,8-10,12,16-17,20H2,1-2H3. The fourth-order valence-corrected chi connectivity index (χ4v) is 6.07. The zero-order valence-electron chi connectivity index (χ0n) is 21.5. The predicted octanol–water partition coefficient (Wildman–Crippen LogP) is 6.18. The summed E-state index contributed by atoms with van der Waals surface area (Å²) in [5.41, 5.74) is 1.46. The highest BCUT2D eigenvalue weighted by molar-refractivity contribution is 5.95. The van der Waals surface area contributed by atoms with Crippen molar-refractivity contribution in [3.8, 4) is 11.5 Å². The minimum Gasteiger partial charge on any atom is -0.493 e. The molecule has 2 atom stereocenters. The summed E-state index contributed by atoms with van der Waals surface area (Å²) >= 11 is 0. The van der Waals surface area contributed by atoms with E-state index >= 15 is 0 Å². The van der Waals surface area contributed by atoms with Gasteiger partial charge in [-0.1, -0.05) is 50.3 Å². The van der Waals surface area contributed by atoms with Crippen LogP contribution in [-0.2, 0) is 6.54 Å². The van der Waals surface area contributed by atoms with Crippen molar-refractivity contribution >= 4 is 16.9 Å². The maximum absolute atomic E-state index is 14.2. The number of ether oxygens (including phenoxy) is 2. The lowest BCUT2D eigenvalue weighted by Crippen LogP contribution is -2.51. The van der Waals surface area contributed by atoms with Crippen molar-refractivity contribution in [1.29, 1.82) is 0 Å². The lowest BCUT2D eigenvalue weighted by molar-refractivity contribution is 0.0552. The smallest absolute Gasteiger partial charge is 0.254 e. The van der Waals surface area contributed by atoms with Gasteiger partial charge in [-0.15, -0.1) is 0 Å². The lowest BCUT2D eigenvalue weighted by Gasteiger charge is -2.38. The number of amides is 1. The van der Waals surface area contributed by atoms with E-state index in [1.54, 1.807) is 20.3 Å². The molecule has 5 rings (SSSR count). The maximum atomic E-state index is 14.2. The van der Waals surface area contributed by atoms with Gasteiger partial charge in [0.25, 0.3) is 5.91 Å². The van der Waals surface area contributed by atoms with E-state index in [9.17, 15) is 4.79 Å². The van der Waals surface area contributed by atoms with Crippen LogP contribution in [0.3, 0.4) is 0 Å². The van der Waals surface area contributed by atoms with E-state index in [-0.39, 0.29) is 11.9 Å². The molecule has 0 bridgehead atoms. The second kappa shape index (κ2) is 11.4. The normalized spacial score (nSPS) is 19.3. The van der Waals surface area contributed by atoms with Crippen molar-refractivity contribution in [3.05, 3.63) is 59.9 Å². The number of nitrogens with one attached hydrogen (secondary N) is 1. The van der Waals surface area contributed by atoms with Gasteiger partial charge in [-0.05, 0) is 62.1 Å². The van der Waals surface area contributed by atoms with Gasteiger partial charge in [0.1, 0.15) is 11.3 Å². The van der Waals surface area contributed by atoms with Crippen LogP contribution in [0.4, 0.5) is 0 Å². The topological polar surface area (TPSA) is 63.9 Å². The zero-order valence-corrected chi connectivity index (χ0v) is 21.5. The molecular weight excluding hydrogens is 452 g/mol. The third-order valence-corrected chi connectivity index (χ3v) is 7.96. The Labute approximate surface area is 213 Å². The molecule has 6 nitrogen and oxygen atoms in total. The summed E-state index contributed by atoms with van der Waals surface area (Å²) in [4.78, 5) is 16.3. The predicted molar refractivity (Wildman–Crippen MR) is 142 cm³/mol. The number of carbonyl (C=O) groups is 1. The second-order valence-corrected chi connectivity index (χ2v) is 10.3. The zero-order chi connectivity index (χ0) is 24.9. The largest absolute Gasteiger partial charge is 0.493 e. The molecule has 0 spiro atoms. The number of fused-ring (bicyclic) bond motifs is 1. The third kappa shape index (κ3) is 5.39. The van der Waals surface area contributed by atoms with Crippen LogP contribution in [0.25, 0.3) is 11.0 Å². The molecule has 1 aliphatic carbocycles. The lowest BCUT2D eigenvalue weighted by atomic mass is 9.82. The van der Waals surface area contributed by atoms with E-state index in [0.29, 0.717) is 35.6 Å². The Balaban J connectivity index is 1.51. The number of para-hydroxylation sites is 1. The molecule has 1 saturated carbocycles. The number of rotatable bonds is 9. The molecule has 2 aromatic carbocycles. The van der Waals surface area contributed by atoms with Crippen LogP contribution >= 0.6 is 0 Å². The first-order valence-electron chi connectivity index (χ1n) is 13.4. The number of methoxy groups -OCH3 is 2. The number of furan rings is 1. The number of nitrogens with zero attached hydrogens (tertiary/aromatic N) is 1. The van der Waals surface area contributed by atoms with Gasteiger partial charge in [0.15, 0.2) is 11.5 Å². The van der Waals surface area contributed by atoms with Crippen molar-refractivity contribution in [1.82, 2.24) is 10.2 Å². The SMILES string of the molecule is COc1ccc(C(=O)N(Cc2cc3ccccc3o2)C(CC2CCCCC2)C2CCCN2)cc1OC. The summed E-state index contributed by atoms with van der Waals surface area (Å²) in [6.45, 7) is 1.45.